The van der Waals surface area contributed by atoms with Crippen LogP contribution >= 0.6 is 0 Å². The molecule has 1 fully saturated rings. The molecule has 0 radical (unpaired) electrons. The maximum Gasteiger partial charge on any atom is 0.371 e. The van der Waals surface area contributed by atoms with Gasteiger partial charge >= 0.3 is 5.97 Å². The Morgan fingerprint density at radius 1 is 1.33 bits per heavy atom. The van der Waals surface area contributed by atoms with Crippen molar-refractivity contribution < 1.29 is 14.3 Å². The van der Waals surface area contributed by atoms with Crippen LogP contribution in [0.15, 0.2) is 27.5 Å². The van der Waals surface area contributed by atoms with Gasteiger partial charge in [0.25, 0.3) is 5.56 Å². The van der Waals surface area contributed by atoms with Gasteiger partial charge < -0.3 is 24.3 Å². The number of rotatable bonds is 5. The molecular formula is C17H20N6O4. The zero-order valence-corrected chi connectivity index (χ0v) is 14.9. The minimum absolute atomic E-state index is 0.0555. The Bertz CT molecular complexity index is 1040. The molecular weight excluding hydrogens is 352 g/mol. The van der Waals surface area contributed by atoms with Crippen molar-refractivity contribution in [1.29, 1.82) is 0 Å². The Morgan fingerprint density at radius 2 is 2.11 bits per heavy atom. The fourth-order valence-corrected chi connectivity index (χ4v) is 3.32. The number of aromatic nitrogens is 4. The normalized spacial score (nSPS) is 14.8. The van der Waals surface area contributed by atoms with Crippen LogP contribution < -0.4 is 15.8 Å². The number of nitrogens with zero attached hydrogens (tertiary/aromatic N) is 5. The summed E-state index contributed by atoms with van der Waals surface area (Å²) >= 11 is 0. The fraction of sp³-hybridized carbons (Fsp3) is 0.412. The van der Waals surface area contributed by atoms with Crippen LogP contribution in [0.4, 0.5) is 5.95 Å². The number of imidazole rings is 1. The van der Waals surface area contributed by atoms with E-state index < -0.39 is 5.97 Å². The summed E-state index contributed by atoms with van der Waals surface area (Å²) in [6, 6.07) is 2.89. The summed E-state index contributed by atoms with van der Waals surface area (Å²) in [5, 5.41) is 16.4. The summed E-state index contributed by atoms with van der Waals surface area (Å²) in [6.45, 7) is 6.05. The molecule has 4 rings (SSSR count). The van der Waals surface area contributed by atoms with Gasteiger partial charge in [-0.15, -0.1) is 0 Å². The SMILES string of the molecule is CCn1c(N2CCNCC2)nc2cnn(Cc3ccc(C(=O)O)o3)c(=O)c21. The second kappa shape index (κ2) is 6.88. The average molecular weight is 372 g/mol. The summed E-state index contributed by atoms with van der Waals surface area (Å²) in [7, 11) is 0. The molecule has 1 aliphatic heterocycles. The van der Waals surface area contributed by atoms with Gasteiger partial charge in [-0.05, 0) is 19.1 Å². The molecule has 3 aromatic heterocycles. The van der Waals surface area contributed by atoms with Gasteiger partial charge in [-0.3, -0.25) is 4.79 Å². The molecule has 4 heterocycles. The van der Waals surface area contributed by atoms with E-state index in [1.807, 2.05) is 11.5 Å². The molecule has 0 aliphatic carbocycles. The van der Waals surface area contributed by atoms with Crippen molar-refractivity contribution in [3.8, 4) is 0 Å². The van der Waals surface area contributed by atoms with Crippen LogP contribution in [0.1, 0.15) is 23.2 Å². The Morgan fingerprint density at radius 3 is 2.78 bits per heavy atom. The van der Waals surface area contributed by atoms with Gasteiger partial charge in [-0.25, -0.2) is 14.5 Å². The van der Waals surface area contributed by atoms with E-state index in [0.717, 1.165) is 32.1 Å². The van der Waals surface area contributed by atoms with Gasteiger partial charge in [0, 0.05) is 32.7 Å². The summed E-state index contributed by atoms with van der Waals surface area (Å²) in [5.74, 6) is -0.191. The minimum atomic E-state index is -1.15. The quantitative estimate of drug-likeness (QED) is 0.659. The molecule has 10 heteroatoms. The van der Waals surface area contributed by atoms with Gasteiger partial charge in [-0.2, -0.15) is 5.10 Å². The number of anilines is 1. The highest BCUT2D eigenvalue weighted by Crippen LogP contribution is 2.20. The van der Waals surface area contributed by atoms with Crippen molar-refractivity contribution in [2.45, 2.75) is 20.0 Å². The first-order valence-electron chi connectivity index (χ1n) is 8.82. The van der Waals surface area contributed by atoms with E-state index in [4.69, 9.17) is 9.52 Å². The number of piperazine rings is 1. The van der Waals surface area contributed by atoms with Crippen LogP contribution in [0.3, 0.4) is 0 Å². The van der Waals surface area contributed by atoms with Crippen LogP contribution in [0, 0.1) is 0 Å². The van der Waals surface area contributed by atoms with Crippen LogP contribution in [0.5, 0.6) is 0 Å². The van der Waals surface area contributed by atoms with Gasteiger partial charge in [0.1, 0.15) is 23.3 Å². The van der Waals surface area contributed by atoms with E-state index in [1.54, 1.807) is 6.20 Å². The molecule has 0 aromatic carbocycles. The Kier molecular flexibility index (Phi) is 4.40. The van der Waals surface area contributed by atoms with Crippen molar-refractivity contribution in [1.82, 2.24) is 24.6 Å². The number of aryl methyl sites for hydroxylation is 1. The molecule has 0 unspecified atom stereocenters. The van der Waals surface area contributed by atoms with Crippen molar-refractivity contribution in [2.75, 3.05) is 31.1 Å². The lowest BCUT2D eigenvalue weighted by Crippen LogP contribution is -2.44. The highest BCUT2D eigenvalue weighted by atomic mass is 16.4. The molecule has 3 aromatic rings. The van der Waals surface area contributed by atoms with Crippen LogP contribution in [-0.4, -0.2) is 56.6 Å². The zero-order valence-electron chi connectivity index (χ0n) is 14.9. The smallest absolute Gasteiger partial charge is 0.371 e. The van der Waals surface area contributed by atoms with E-state index in [2.05, 4.69) is 20.3 Å². The predicted octanol–water partition coefficient (Wildman–Crippen LogP) is 0.362. The molecule has 0 saturated carbocycles. The Balaban J connectivity index is 1.74. The van der Waals surface area contributed by atoms with Gasteiger partial charge in [0.05, 0.1) is 6.20 Å². The van der Waals surface area contributed by atoms with Crippen LogP contribution in [0.25, 0.3) is 11.0 Å². The molecule has 1 aliphatic rings. The molecule has 0 atom stereocenters. The average Bonchev–Trinajstić information content (AvgIpc) is 3.29. The minimum Gasteiger partial charge on any atom is -0.475 e. The maximum atomic E-state index is 13.0. The first-order chi connectivity index (χ1) is 13.1. The topological polar surface area (TPSA) is 118 Å². The number of carboxylic acids is 1. The van der Waals surface area contributed by atoms with Gasteiger partial charge in [-0.1, -0.05) is 0 Å². The van der Waals surface area contributed by atoms with E-state index in [9.17, 15) is 9.59 Å². The number of carbonyl (C=O) groups is 1. The third kappa shape index (κ3) is 3.08. The standard InChI is InChI=1S/C17H20N6O4/c1-2-22-14-12(20-17(22)21-7-5-18-6-8-21)9-19-23(15(14)24)10-11-3-4-13(27-11)16(25)26/h3-4,9,18H,2,5-8,10H2,1H3,(H,25,26). The van der Waals surface area contributed by atoms with Crippen LogP contribution in [-0.2, 0) is 13.1 Å². The second-order valence-electron chi connectivity index (χ2n) is 6.31. The number of furan rings is 1. The van der Waals surface area contributed by atoms with Crippen molar-refractivity contribution in [3.05, 3.63) is 40.2 Å². The molecule has 1 saturated heterocycles. The maximum absolute atomic E-state index is 13.0. The Hall–Kier alpha value is -3.14. The number of hydrogen-bond acceptors (Lipinski definition) is 7. The summed E-state index contributed by atoms with van der Waals surface area (Å²) < 4.78 is 8.41. The lowest BCUT2D eigenvalue weighted by molar-refractivity contribution is 0.0660. The first-order valence-corrected chi connectivity index (χ1v) is 8.82. The van der Waals surface area contributed by atoms with Crippen molar-refractivity contribution in [2.24, 2.45) is 0 Å². The van der Waals surface area contributed by atoms with Gasteiger partial charge in [0.15, 0.2) is 0 Å². The molecule has 10 nitrogen and oxygen atoms in total. The number of carboxylic acid groups (broad SMARTS) is 1. The third-order valence-corrected chi connectivity index (χ3v) is 4.62. The Labute approximate surface area is 154 Å². The van der Waals surface area contributed by atoms with Crippen molar-refractivity contribution in [3.63, 3.8) is 0 Å². The third-order valence-electron chi connectivity index (χ3n) is 4.62. The predicted molar refractivity (Wildman–Crippen MR) is 97.3 cm³/mol. The second-order valence-corrected chi connectivity index (χ2v) is 6.31. The lowest BCUT2D eigenvalue weighted by atomic mass is 10.4. The van der Waals surface area contributed by atoms with Crippen LogP contribution in [0.2, 0.25) is 0 Å². The fourth-order valence-electron chi connectivity index (χ4n) is 3.32. The van der Waals surface area contributed by atoms with Crippen molar-refractivity contribution >= 4 is 23.0 Å². The van der Waals surface area contributed by atoms with E-state index in [-0.39, 0.29) is 17.9 Å². The highest BCUT2D eigenvalue weighted by Gasteiger charge is 2.21. The van der Waals surface area contributed by atoms with E-state index >= 15 is 0 Å². The largest absolute Gasteiger partial charge is 0.475 e. The molecule has 0 bridgehead atoms. The molecule has 0 amide bonds. The highest BCUT2D eigenvalue weighted by molar-refractivity contribution is 5.84. The van der Waals surface area contributed by atoms with E-state index in [1.165, 1.54) is 16.8 Å². The molecule has 27 heavy (non-hydrogen) atoms. The van der Waals surface area contributed by atoms with E-state index in [0.29, 0.717) is 23.3 Å². The number of nitrogens with one attached hydrogen (secondary N) is 1. The molecule has 2 N–H and O–H groups in total. The number of fused-ring (bicyclic) bond motifs is 1. The lowest BCUT2D eigenvalue weighted by Gasteiger charge is -2.28. The number of aromatic carboxylic acids is 1. The number of hydrogen-bond donors (Lipinski definition) is 2. The summed E-state index contributed by atoms with van der Waals surface area (Å²) in [4.78, 5) is 30.7. The monoisotopic (exact) mass is 372 g/mol. The molecule has 0 spiro atoms. The first kappa shape index (κ1) is 17.3. The molecule has 142 valence electrons. The zero-order chi connectivity index (χ0) is 19.0. The summed E-state index contributed by atoms with van der Waals surface area (Å²) in [6.07, 6.45) is 1.57. The summed E-state index contributed by atoms with van der Waals surface area (Å²) in [5.41, 5.74) is 0.764. The van der Waals surface area contributed by atoms with Gasteiger partial charge in [0.2, 0.25) is 11.7 Å².